The third-order valence-corrected chi connectivity index (χ3v) is 5.36. The quantitative estimate of drug-likeness (QED) is 0.892. The van der Waals surface area contributed by atoms with Crippen LogP contribution in [0.2, 0.25) is 0 Å². The largest absolute Gasteiger partial charge is 0.478 e. The first kappa shape index (κ1) is 15.9. The fourth-order valence-corrected chi connectivity index (χ4v) is 3.92. The van der Waals surface area contributed by atoms with Gasteiger partial charge in [0, 0.05) is 19.7 Å². The smallest absolute Gasteiger partial charge is 0.335 e. The molecule has 1 saturated heterocycles. The molecule has 1 atom stereocenters. The molecule has 1 aromatic carbocycles. The minimum Gasteiger partial charge on any atom is -0.478 e. The van der Waals surface area contributed by atoms with Crippen LogP contribution in [0.1, 0.15) is 30.1 Å². The number of nitrogens with zero attached hydrogens (tertiary/aromatic N) is 1. The summed E-state index contributed by atoms with van der Waals surface area (Å²) in [6.07, 6.45) is 1.55. The average Bonchev–Trinajstić information content (AvgIpc) is 2.48. The van der Waals surface area contributed by atoms with Crippen molar-refractivity contribution in [3.63, 3.8) is 0 Å². The van der Waals surface area contributed by atoms with E-state index in [1.165, 1.54) is 28.6 Å². The van der Waals surface area contributed by atoms with Gasteiger partial charge in [0.25, 0.3) is 0 Å². The highest BCUT2D eigenvalue weighted by Gasteiger charge is 2.30. The van der Waals surface area contributed by atoms with Gasteiger partial charge in [-0.2, -0.15) is 4.31 Å². The summed E-state index contributed by atoms with van der Waals surface area (Å²) in [5, 5.41) is 8.84. The highest BCUT2D eigenvalue weighted by atomic mass is 32.2. The number of carbonyl (C=O) groups is 1. The summed E-state index contributed by atoms with van der Waals surface area (Å²) in [7, 11) is -3.60. The second-order valence-corrected chi connectivity index (χ2v) is 6.85. The third kappa shape index (κ3) is 3.61. The molecule has 0 aliphatic carbocycles. The highest BCUT2D eigenvalue weighted by molar-refractivity contribution is 7.89. The lowest BCUT2D eigenvalue weighted by molar-refractivity contribution is 0.0265. The molecule has 1 heterocycles. The van der Waals surface area contributed by atoms with Crippen molar-refractivity contribution in [3.8, 4) is 0 Å². The van der Waals surface area contributed by atoms with Crippen LogP contribution in [0, 0.1) is 0 Å². The molecule has 116 valence electrons. The van der Waals surface area contributed by atoms with Crippen LogP contribution in [-0.4, -0.2) is 49.6 Å². The zero-order valence-corrected chi connectivity index (χ0v) is 12.7. The lowest BCUT2D eigenvalue weighted by Crippen LogP contribution is -2.43. The van der Waals surface area contributed by atoms with Gasteiger partial charge in [-0.05, 0) is 44.0 Å². The van der Waals surface area contributed by atoms with Crippen LogP contribution in [0.3, 0.4) is 0 Å². The normalized spacial score (nSPS) is 20.3. The average molecular weight is 313 g/mol. The Hall–Kier alpha value is -1.44. The first-order valence-corrected chi connectivity index (χ1v) is 8.34. The van der Waals surface area contributed by atoms with Gasteiger partial charge >= 0.3 is 5.97 Å². The predicted molar refractivity (Wildman–Crippen MR) is 76.8 cm³/mol. The maximum Gasteiger partial charge on any atom is 0.335 e. The standard InChI is InChI=1S/C14H19NO5S/c1-2-20-12-4-3-9-15(10-12)21(18,19)13-7-5-11(6-8-13)14(16)17/h5-8,12H,2-4,9-10H2,1H3,(H,16,17). The number of hydrogen-bond acceptors (Lipinski definition) is 4. The van der Waals surface area contributed by atoms with Gasteiger partial charge in [0.1, 0.15) is 0 Å². The number of piperidine rings is 1. The molecule has 21 heavy (non-hydrogen) atoms. The summed E-state index contributed by atoms with van der Waals surface area (Å²) in [6.45, 7) is 3.26. The van der Waals surface area contributed by atoms with Gasteiger partial charge in [-0.1, -0.05) is 0 Å². The van der Waals surface area contributed by atoms with E-state index in [2.05, 4.69) is 0 Å². The number of ether oxygens (including phenoxy) is 1. The van der Waals surface area contributed by atoms with Gasteiger partial charge in [0.2, 0.25) is 10.0 Å². The molecule has 0 spiro atoms. The first-order valence-electron chi connectivity index (χ1n) is 6.90. The Morgan fingerprint density at radius 3 is 2.62 bits per heavy atom. The Labute approximate surface area is 124 Å². The van der Waals surface area contributed by atoms with E-state index in [-0.39, 0.29) is 16.6 Å². The molecule has 0 aromatic heterocycles. The molecular formula is C14H19NO5S. The molecule has 1 aliphatic rings. The number of hydrogen-bond donors (Lipinski definition) is 1. The Balaban J connectivity index is 2.18. The predicted octanol–water partition coefficient (Wildman–Crippen LogP) is 1.57. The van der Waals surface area contributed by atoms with Crippen molar-refractivity contribution in [1.82, 2.24) is 4.31 Å². The van der Waals surface area contributed by atoms with Crippen molar-refractivity contribution in [2.24, 2.45) is 0 Å². The van der Waals surface area contributed by atoms with Gasteiger partial charge in [-0.25, -0.2) is 13.2 Å². The monoisotopic (exact) mass is 313 g/mol. The Morgan fingerprint density at radius 2 is 2.05 bits per heavy atom. The lowest BCUT2D eigenvalue weighted by Gasteiger charge is -2.31. The van der Waals surface area contributed by atoms with Crippen molar-refractivity contribution in [2.45, 2.75) is 30.8 Å². The Morgan fingerprint density at radius 1 is 1.38 bits per heavy atom. The number of carboxylic acid groups (broad SMARTS) is 1. The van der Waals surface area contributed by atoms with Gasteiger partial charge in [-0.3, -0.25) is 0 Å². The summed E-state index contributed by atoms with van der Waals surface area (Å²) in [5.41, 5.74) is 0.0692. The van der Waals surface area contributed by atoms with E-state index in [0.29, 0.717) is 19.7 Å². The zero-order valence-electron chi connectivity index (χ0n) is 11.9. The Bertz CT molecular complexity index is 594. The summed E-state index contributed by atoms with van der Waals surface area (Å²) >= 11 is 0. The van der Waals surface area contributed by atoms with E-state index < -0.39 is 16.0 Å². The van der Waals surface area contributed by atoms with Crippen molar-refractivity contribution in [3.05, 3.63) is 29.8 Å². The number of aromatic carboxylic acids is 1. The van der Waals surface area contributed by atoms with Gasteiger partial charge in [-0.15, -0.1) is 0 Å². The summed E-state index contributed by atoms with van der Waals surface area (Å²) in [6, 6.07) is 5.28. The van der Waals surface area contributed by atoms with Gasteiger partial charge in [0.15, 0.2) is 0 Å². The second-order valence-electron chi connectivity index (χ2n) is 4.91. The topological polar surface area (TPSA) is 83.9 Å². The fourth-order valence-electron chi connectivity index (χ4n) is 2.41. The lowest BCUT2D eigenvalue weighted by atomic mass is 10.1. The number of rotatable bonds is 5. The molecule has 7 heteroatoms. The molecule has 1 aliphatic heterocycles. The zero-order chi connectivity index (χ0) is 15.5. The van der Waals surface area contributed by atoms with E-state index in [0.717, 1.165) is 12.8 Å². The molecule has 1 fully saturated rings. The minimum absolute atomic E-state index is 0.0692. The van der Waals surface area contributed by atoms with Crippen LogP contribution in [0.4, 0.5) is 0 Å². The maximum absolute atomic E-state index is 12.5. The summed E-state index contributed by atoms with van der Waals surface area (Å²) in [4.78, 5) is 10.9. The molecule has 1 aromatic rings. The van der Waals surface area contributed by atoms with Crippen LogP contribution in [-0.2, 0) is 14.8 Å². The summed E-state index contributed by atoms with van der Waals surface area (Å²) < 4.78 is 32.0. The van der Waals surface area contributed by atoms with E-state index in [1.54, 1.807) is 0 Å². The van der Waals surface area contributed by atoms with Gasteiger partial charge in [0.05, 0.1) is 16.6 Å². The maximum atomic E-state index is 12.5. The molecule has 0 saturated carbocycles. The fraction of sp³-hybridized carbons (Fsp3) is 0.500. The SMILES string of the molecule is CCOC1CCCN(S(=O)(=O)c2ccc(C(=O)O)cc2)C1. The molecule has 1 unspecified atom stereocenters. The number of benzene rings is 1. The first-order chi connectivity index (χ1) is 9.95. The minimum atomic E-state index is -3.60. The molecule has 0 radical (unpaired) electrons. The van der Waals surface area contributed by atoms with Crippen molar-refractivity contribution in [1.29, 1.82) is 0 Å². The van der Waals surface area contributed by atoms with Crippen LogP contribution in [0.5, 0.6) is 0 Å². The molecule has 0 bridgehead atoms. The molecule has 6 nitrogen and oxygen atoms in total. The van der Waals surface area contributed by atoms with Crippen LogP contribution in [0.25, 0.3) is 0 Å². The number of sulfonamides is 1. The molecule has 0 amide bonds. The third-order valence-electron chi connectivity index (χ3n) is 3.48. The van der Waals surface area contributed by atoms with Crippen LogP contribution >= 0.6 is 0 Å². The molecular weight excluding hydrogens is 294 g/mol. The van der Waals surface area contributed by atoms with E-state index in [9.17, 15) is 13.2 Å². The highest BCUT2D eigenvalue weighted by Crippen LogP contribution is 2.22. The second kappa shape index (κ2) is 6.55. The Kier molecular flexibility index (Phi) is 4.97. The van der Waals surface area contributed by atoms with E-state index >= 15 is 0 Å². The van der Waals surface area contributed by atoms with Crippen molar-refractivity contribution < 1.29 is 23.1 Å². The van der Waals surface area contributed by atoms with Crippen LogP contribution in [0.15, 0.2) is 29.2 Å². The van der Waals surface area contributed by atoms with Crippen molar-refractivity contribution >= 4 is 16.0 Å². The van der Waals surface area contributed by atoms with Gasteiger partial charge < -0.3 is 9.84 Å². The van der Waals surface area contributed by atoms with E-state index in [1.807, 2.05) is 6.92 Å². The number of carboxylic acids is 1. The molecule has 1 N–H and O–H groups in total. The summed E-state index contributed by atoms with van der Waals surface area (Å²) in [5.74, 6) is -1.08. The van der Waals surface area contributed by atoms with Crippen LogP contribution < -0.4 is 0 Å². The van der Waals surface area contributed by atoms with Crippen molar-refractivity contribution in [2.75, 3.05) is 19.7 Å². The van der Waals surface area contributed by atoms with E-state index in [4.69, 9.17) is 9.84 Å². The molecule has 2 rings (SSSR count).